The van der Waals surface area contributed by atoms with Gasteiger partial charge in [-0.05, 0) is 52.4 Å². The van der Waals surface area contributed by atoms with Crippen molar-refractivity contribution in [2.45, 2.75) is 0 Å². The van der Waals surface area contributed by atoms with Crippen LogP contribution in [-0.2, 0) is 7.05 Å². The lowest BCUT2D eigenvalue weighted by Crippen LogP contribution is -2.14. The fourth-order valence-electron chi connectivity index (χ4n) is 2.38. The second-order valence-electron chi connectivity index (χ2n) is 4.57. The van der Waals surface area contributed by atoms with E-state index in [-0.39, 0.29) is 5.43 Å². The van der Waals surface area contributed by atoms with Gasteiger partial charge >= 0.3 is 0 Å². The third-order valence-electron chi connectivity index (χ3n) is 3.37. The van der Waals surface area contributed by atoms with Crippen molar-refractivity contribution in [2.75, 3.05) is 0 Å². The fourth-order valence-corrected chi connectivity index (χ4v) is 3.47. The molecule has 0 amide bonds. The van der Waals surface area contributed by atoms with Crippen molar-refractivity contribution in [3.63, 3.8) is 0 Å². The summed E-state index contributed by atoms with van der Waals surface area (Å²) in [6, 6.07) is 15.2. The molecular formula is C16H11ClINO. The zero-order valence-corrected chi connectivity index (χ0v) is 13.6. The van der Waals surface area contributed by atoms with Gasteiger partial charge in [-0.2, -0.15) is 0 Å². The van der Waals surface area contributed by atoms with Crippen LogP contribution in [0.25, 0.3) is 22.2 Å². The summed E-state index contributed by atoms with van der Waals surface area (Å²) in [5, 5.41) is 1.44. The number of hydrogen-bond acceptors (Lipinski definition) is 1. The molecule has 0 N–H and O–H groups in total. The number of aromatic nitrogens is 1. The predicted octanol–water partition coefficient (Wildman–Crippen LogP) is 4.46. The molecule has 0 saturated heterocycles. The highest BCUT2D eigenvalue weighted by atomic mass is 127. The molecule has 2 aromatic carbocycles. The molecule has 0 bridgehead atoms. The quantitative estimate of drug-likeness (QED) is 0.558. The van der Waals surface area contributed by atoms with Crippen LogP contribution in [0.1, 0.15) is 0 Å². The zero-order valence-electron chi connectivity index (χ0n) is 10.7. The average molecular weight is 396 g/mol. The van der Waals surface area contributed by atoms with Gasteiger partial charge in [-0.3, -0.25) is 4.79 Å². The van der Waals surface area contributed by atoms with Crippen molar-refractivity contribution in [3.8, 4) is 11.3 Å². The number of fused-ring (bicyclic) bond motifs is 1. The summed E-state index contributed by atoms with van der Waals surface area (Å²) in [5.41, 5.74) is 2.92. The first-order valence-corrected chi connectivity index (χ1v) is 7.58. The normalized spacial score (nSPS) is 10.9. The maximum Gasteiger partial charge on any atom is 0.203 e. The van der Waals surface area contributed by atoms with E-state index in [9.17, 15) is 4.79 Å². The van der Waals surface area contributed by atoms with E-state index < -0.39 is 0 Å². The van der Waals surface area contributed by atoms with Crippen LogP contribution in [0.4, 0.5) is 0 Å². The van der Waals surface area contributed by atoms with Crippen LogP contribution < -0.4 is 5.43 Å². The second-order valence-corrected chi connectivity index (χ2v) is 6.09. The number of nitrogens with zero attached hydrogens (tertiary/aromatic N) is 1. The highest BCUT2D eigenvalue weighted by Crippen LogP contribution is 2.27. The number of halogens is 2. The maximum atomic E-state index is 12.5. The van der Waals surface area contributed by atoms with Gasteiger partial charge in [0.05, 0.1) is 14.8 Å². The molecule has 20 heavy (non-hydrogen) atoms. The Kier molecular flexibility index (Phi) is 3.56. The summed E-state index contributed by atoms with van der Waals surface area (Å²) >= 11 is 8.06. The van der Waals surface area contributed by atoms with E-state index in [4.69, 9.17) is 11.6 Å². The Balaban J connectivity index is 2.42. The molecule has 0 atom stereocenters. The second kappa shape index (κ2) is 5.22. The van der Waals surface area contributed by atoms with Crippen LogP contribution in [0.5, 0.6) is 0 Å². The smallest absolute Gasteiger partial charge is 0.203 e. The number of rotatable bonds is 1. The Labute approximate surface area is 135 Å². The highest BCUT2D eigenvalue weighted by Gasteiger charge is 2.14. The molecular weight excluding hydrogens is 385 g/mol. The molecule has 3 aromatic rings. The SMILES string of the molecule is Cn1c(-c2ccc(Cl)cc2)c(I)c(=O)c2ccccc21. The van der Waals surface area contributed by atoms with Gasteiger partial charge < -0.3 is 4.57 Å². The number of para-hydroxylation sites is 1. The Bertz CT molecular complexity index is 853. The molecule has 0 fully saturated rings. The Morgan fingerprint density at radius 3 is 2.40 bits per heavy atom. The van der Waals surface area contributed by atoms with Gasteiger partial charge in [0.1, 0.15) is 0 Å². The first-order chi connectivity index (χ1) is 9.59. The molecule has 0 aliphatic heterocycles. The summed E-state index contributed by atoms with van der Waals surface area (Å²) < 4.78 is 2.79. The molecule has 0 radical (unpaired) electrons. The lowest BCUT2D eigenvalue weighted by molar-refractivity contribution is 0.954. The van der Waals surface area contributed by atoms with E-state index >= 15 is 0 Å². The third kappa shape index (κ3) is 2.15. The number of hydrogen-bond donors (Lipinski definition) is 0. The van der Waals surface area contributed by atoms with Gasteiger partial charge in [-0.1, -0.05) is 35.9 Å². The van der Waals surface area contributed by atoms with Crippen molar-refractivity contribution in [2.24, 2.45) is 7.05 Å². The summed E-state index contributed by atoms with van der Waals surface area (Å²) in [5.74, 6) is 0. The van der Waals surface area contributed by atoms with Crippen LogP contribution in [0.2, 0.25) is 5.02 Å². The Morgan fingerprint density at radius 1 is 1.05 bits per heavy atom. The van der Waals surface area contributed by atoms with Crippen LogP contribution >= 0.6 is 34.2 Å². The van der Waals surface area contributed by atoms with E-state index in [1.54, 1.807) is 0 Å². The third-order valence-corrected chi connectivity index (χ3v) is 4.62. The summed E-state index contributed by atoms with van der Waals surface area (Å²) in [6.45, 7) is 0. The molecule has 3 rings (SSSR count). The monoisotopic (exact) mass is 395 g/mol. The number of pyridine rings is 1. The van der Waals surface area contributed by atoms with Gasteiger partial charge in [0.25, 0.3) is 0 Å². The number of aryl methyl sites for hydroxylation is 1. The van der Waals surface area contributed by atoms with E-state index in [1.807, 2.05) is 55.6 Å². The van der Waals surface area contributed by atoms with Crippen molar-refractivity contribution < 1.29 is 0 Å². The fraction of sp³-hybridized carbons (Fsp3) is 0.0625. The van der Waals surface area contributed by atoms with Crippen LogP contribution in [-0.4, -0.2) is 4.57 Å². The number of benzene rings is 2. The molecule has 0 unspecified atom stereocenters. The molecule has 0 aliphatic carbocycles. The van der Waals surface area contributed by atoms with E-state index in [1.165, 1.54) is 0 Å². The molecule has 1 heterocycles. The van der Waals surface area contributed by atoms with E-state index in [2.05, 4.69) is 27.2 Å². The van der Waals surface area contributed by atoms with Crippen molar-refractivity contribution in [3.05, 3.63) is 67.3 Å². The van der Waals surface area contributed by atoms with Crippen molar-refractivity contribution >= 4 is 45.1 Å². The molecule has 100 valence electrons. The minimum absolute atomic E-state index is 0.0734. The van der Waals surface area contributed by atoms with Crippen LogP contribution in [0, 0.1) is 3.57 Å². The lowest BCUT2D eigenvalue weighted by atomic mass is 10.1. The first kappa shape index (κ1) is 13.6. The minimum Gasteiger partial charge on any atom is -0.343 e. The Morgan fingerprint density at radius 2 is 1.70 bits per heavy atom. The summed E-state index contributed by atoms with van der Waals surface area (Å²) in [4.78, 5) is 12.5. The lowest BCUT2D eigenvalue weighted by Gasteiger charge is -2.14. The molecule has 4 heteroatoms. The van der Waals surface area contributed by atoms with Gasteiger partial charge in [0, 0.05) is 17.5 Å². The van der Waals surface area contributed by atoms with Crippen LogP contribution in [0.3, 0.4) is 0 Å². The largest absolute Gasteiger partial charge is 0.343 e. The summed E-state index contributed by atoms with van der Waals surface area (Å²) in [6.07, 6.45) is 0. The van der Waals surface area contributed by atoms with Gasteiger partial charge in [0.15, 0.2) is 0 Å². The molecule has 0 saturated carbocycles. The van der Waals surface area contributed by atoms with Crippen molar-refractivity contribution in [1.82, 2.24) is 4.57 Å². The Hall–Kier alpha value is -1.33. The van der Waals surface area contributed by atoms with Gasteiger partial charge in [-0.15, -0.1) is 0 Å². The minimum atomic E-state index is 0.0734. The summed E-state index contributed by atoms with van der Waals surface area (Å²) in [7, 11) is 1.98. The molecule has 1 aromatic heterocycles. The predicted molar refractivity (Wildman–Crippen MR) is 92.4 cm³/mol. The van der Waals surface area contributed by atoms with Crippen molar-refractivity contribution in [1.29, 1.82) is 0 Å². The van der Waals surface area contributed by atoms with Crippen LogP contribution in [0.15, 0.2) is 53.3 Å². The molecule has 0 spiro atoms. The highest BCUT2D eigenvalue weighted by molar-refractivity contribution is 14.1. The maximum absolute atomic E-state index is 12.5. The first-order valence-electron chi connectivity index (χ1n) is 6.13. The van der Waals surface area contributed by atoms with E-state index in [0.29, 0.717) is 5.02 Å². The zero-order chi connectivity index (χ0) is 14.3. The standard InChI is InChI=1S/C16H11ClINO/c1-19-13-5-3-2-4-12(13)16(20)14(18)15(19)10-6-8-11(17)9-7-10/h2-9H,1H3. The molecule has 0 aliphatic rings. The van der Waals surface area contributed by atoms with Gasteiger partial charge in [0.2, 0.25) is 5.43 Å². The van der Waals surface area contributed by atoms with E-state index in [0.717, 1.165) is 25.7 Å². The topological polar surface area (TPSA) is 22.0 Å². The van der Waals surface area contributed by atoms with Gasteiger partial charge in [-0.25, -0.2) is 0 Å². The average Bonchev–Trinajstić information content (AvgIpc) is 2.47. The molecule has 2 nitrogen and oxygen atoms in total.